The molecule has 0 radical (unpaired) electrons. The van der Waals surface area contributed by atoms with Crippen LogP contribution in [0, 0.1) is 12.8 Å². The van der Waals surface area contributed by atoms with Gasteiger partial charge in [-0.2, -0.15) is 0 Å². The van der Waals surface area contributed by atoms with Crippen LogP contribution in [0.5, 0.6) is 0 Å². The molecule has 1 saturated heterocycles. The summed E-state index contributed by atoms with van der Waals surface area (Å²) in [6, 6.07) is 17.2. The van der Waals surface area contributed by atoms with Crippen LogP contribution in [0.25, 0.3) is 10.9 Å². The molecule has 2 heterocycles. The molecular weight excluding hydrogens is 499 g/mol. The molecule has 0 amide bonds. The zero-order chi connectivity index (χ0) is 20.8. The summed E-state index contributed by atoms with van der Waals surface area (Å²) in [7, 11) is 1.83. The zero-order valence-corrected chi connectivity index (χ0v) is 20.7. The zero-order valence-electron chi connectivity index (χ0n) is 18.4. The maximum absolute atomic E-state index is 6.15. The molecule has 5 nitrogen and oxygen atoms in total. The van der Waals surface area contributed by atoms with Crippen LogP contribution in [0.3, 0.4) is 0 Å². The van der Waals surface area contributed by atoms with Crippen molar-refractivity contribution in [3.05, 3.63) is 71.4 Å². The summed E-state index contributed by atoms with van der Waals surface area (Å²) in [5.74, 6) is 1.29. The van der Waals surface area contributed by atoms with E-state index in [0.717, 1.165) is 44.9 Å². The minimum absolute atomic E-state index is 0. The average Bonchev–Trinajstić information content (AvgIpc) is 3.20. The maximum atomic E-state index is 6.15. The first-order valence-corrected chi connectivity index (χ1v) is 10.9. The Morgan fingerprint density at radius 3 is 2.74 bits per heavy atom. The number of nitrogens with zero attached hydrogens (tertiary/aromatic N) is 1. The van der Waals surface area contributed by atoms with Gasteiger partial charge in [0.2, 0.25) is 0 Å². The van der Waals surface area contributed by atoms with Crippen molar-refractivity contribution in [3.8, 4) is 0 Å². The lowest BCUT2D eigenvalue weighted by Gasteiger charge is -2.32. The minimum atomic E-state index is 0. The van der Waals surface area contributed by atoms with E-state index in [2.05, 4.69) is 82.3 Å². The Balaban J connectivity index is 0.00000272. The molecule has 0 saturated carbocycles. The second-order valence-corrected chi connectivity index (χ2v) is 8.09. The molecule has 1 aliphatic heterocycles. The van der Waals surface area contributed by atoms with E-state index < -0.39 is 0 Å². The van der Waals surface area contributed by atoms with E-state index in [0.29, 0.717) is 5.92 Å². The topological polar surface area (TPSA) is 61.4 Å². The van der Waals surface area contributed by atoms with Crippen LogP contribution < -0.4 is 10.6 Å². The van der Waals surface area contributed by atoms with E-state index in [9.17, 15) is 0 Å². The Morgan fingerprint density at radius 1 is 1.13 bits per heavy atom. The molecular formula is C25H33IN4O. The largest absolute Gasteiger partial charge is 0.373 e. The third-order valence-electron chi connectivity index (χ3n) is 5.97. The van der Waals surface area contributed by atoms with Gasteiger partial charge in [0.15, 0.2) is 5.96 Å². The first kappa shape index (κ1) is 23.6. The summed E-state index contributed by atoms with van der Waals surface area (Å²) in [5, 5.41) is 8.27. The third kappa shape index (κ3) is 6.01. The average molecular weight is 532 g/mol. The molecule has 2 unspecified atom stereocenters. The van der Waals surface area contributed by atoms with Crippen molar-refractivity contribution < 1.29 is 4.74 Å². The van der Waals surface area contributed by atoms with Gasteiger partial charge in [0.25, 0.3) is 0 Å². The van der Waals surface area contributed by atoms with Gasteiger partial charge in [0, 0.05) is 49.8 Å². The molecule has 0 bridgehead atoms. The summed E-state index contributed by atoms with van der Waals surface area (Å²) >= 11 is 0. The van der Waals surface area contributed by atoms with E-state index in [4.69, 9.17) is 4.74 Å². The van der Waals surface area contributed by atoms with Crippen molar-refractivity contribution in [2.75, 3.05) is 26.7 Å². The number of fused-ring (bicyclic) bond motifs is 1. The second-order valence-electron chi connectivity index (χ2n) is 8.09. The molecule has 1 aliphatic rings. The fraction of sp³-hybridized carbons (Fsp3) is 0.400. The van der Waals surface area contributed by atoms with Crippen LogP contribution in [0.1, 0.15) is 35.6 Å². The number of nitrogens with one attached hydrogen (secondary N) is 3. The Hall–Kier alpha value is -2.06. The number of hydrogen-bond acceptors (Lipinski definition) is 2. The standard InChI is InChI=1S/C25H32N4O.HI/c1-18-9-11-19(12-10-18)24-21(6-5-15-30-24)17-29-25(26-2)27-14-13-20-16-28-23-8-4-3-7-22(20)23;/h3-4,7-12,16,21,24,28H,5-6,13-15,17H2,1-2H3,(H2,26,27,29);1H. The lowest BCUT2D eigenvalue weighted by Crippen LogP contribution is -2.42. The summed E-state index contributed by atoms with van der Waals surface area (Å²) in [6.45, 7) is 4.65. The SMILES string of the molecule is CN=C(NCCc1c[nH]c2ccccc12)NCC1CCCOC1c1ccc(C)cc1.I. The lowest BCUT2D eigenvalue weighted by atomic mass is 9.89. The summed E-state index contributed by atoms with van der Waals surface area (Å²) in [5.41, 5.74) is 5.07. The predicted molar refractivity (Wildman–Crippen MR) is 139 cm³/mol. The van der Waals surface area contributed by atoms with Gasteiger partial charge in [-0.1, -0.05) is 48.0 Å². The van der Waals surface area contributed by atoms with Crippen molar-refractivity contribution in [1.82, 2.24) is 15.6 Å². The van der Waals surface area contributed by atoms with Crippen LogP contribution >= 0.6 is 24.0 Å². The molecule has 1 fully saturated rings. The molecule has 1 aromatic heterocycles. The van der Waals surface area contributed by atoms with Crippen molar-refractivity contribution in [3.63, 3.8) is 0 Å². The maximum Gasteiger partial charge on any atom is 0.190 e. The van der Waals surface area contributed by atoms with E-state index in [1.54, 1.807) is 0 Å². The van der Waals surface area contributed by atoms with Crippen LogP contribution in [-0.2, 0) is 11.2 Å². The normalized spacial score (nSPS) is 19.1. The minimum Gasteiger partial charge on any atom is -0.373 e. The highest BCUT2D eigenvalue weighted by Gasteiger charge is 2.27. The highest BCUT2D eigenvalue weighted by molar-refractivity contribution is 14.0. The molecule has 6 heteroatoms. The molecule has 166 valence electrons. The monoisotopic (exact) mass is 532 g/mol. The van der Waals surface area contributed by atoms with Crippen LogP contribution in [0.15, 0.2) is 59.7 Å². The predicted octanol–water partition coefficient (Wildman–Crippen LogP) is 4.97. The Labute approximate surface area is 202 Å². The van der Waals surface area contributed by atoms with E-state index in [-0.39, 0.29) is 30.1 Å². The number of halogens is 1. The number of benzene rings is 2. The van der Waals surface area contributed by atoms with E-state index in [1.165, 1.54) is 27.6 Å². The molecule has 3 aromatic rings. The number of aryl methyl sites for hydroxylation is 1. The number of aromatic nitrogens is 1. The molecule has 0 spiro atoms. The lowest BCUT2D eigenvalue weighted by molar-refractivity contribution is -0.0265. The van der Waals surface area contributed by atoms with Gasteiger partial charge in [-0.15, -0.1) is 24.0 Å². The number of aliphatic imine (C=N–C) groups is 1. The number of guanidine groups is 1. The van der Waals surface area contributed by atoms with E-state index in [1.807, 2.05) is 7.05 Å². The number of ether oxygens (including phenoxy) is 1. The van der Waals surface area contributed by atoms with Gasteiger partial charge < -0.3 is 20.4 Å². The molecule has 4 rings (SSSR count). The van der Waals surface area contributed by atoms with Crippen LogP contribution in [-0.4, -0.2) is 37.7 Å². The third-order valence-corrected chi connectivity index (χ3v) is 5.97. The smallest absolute Gasteiger partial charge is 0.190 e. The highest BCUT2D eigenvalue weighted by Crippen LogP contribution is 2.33. The summed E-state index contributed by atoms with van der Waals surface area (Å²) in [4.78, 5) is 7.75. The molecule has 3 N–H and O–H groups in total. The molecule has 31 heavy (non-hydrogen) atoms. The number of aromatic amines is 1. The van der Waals surface area contributed by atoms with Crippen molar-refractivity contribution in [2.45, 2.75) is 32.3 Å². The number of para-hydroxylation sites is 1. The van der Waals surface area contributed by atoms with Gasteiger partial charge in [-0.25, -0.2) is 0 Å². The number of H-pyrrole nitrogens is 1. The highest BCUT2D eigenvalue weighted by atomic mass is 127. The van der Waals surface area contributed by atoms with Crippen LogP contribution in [0.2, 0.25) is 0 Å². The fourth-order valence-electron chi connectivity index (χ4n) is 4.28. The van der Waals surface area contributed by atoms with Gasteiger partial charge in [0.05, 0.1) is 6.10 Å². The van der Waals surface area contributed by atoms with Crippen molar-refractivity contribution >= 4 is 40.8 Å². The van der Waals surface area contributed by atoms with Crippen LogP contribution in [0.4, 0.5) is 0 Å². The Morgan fingerprint density at radius 2 is 1.94 bits per heavy atom. The first-order valence-electron chi connectivity index (χ1n) is 10.9. The van der Waals surface area contributed by atoms with Crippen molar-refractivity contribution in [1.29, 1.82) is 0 Å². The van der Waals surface area contributed by atoms with Gasteiger partial charge in [0.1, 0.15) is 0 Å². The summed E-state index contributed by atoms with van der Waals surface area (Å²) in [6.07, 6.45) is 5.48. The van der Waals surface area contributed by atoms with Gasteiger partial charge in [-0.05, 0) is 43.4 Å². The summed E-state index contributed by atoms with van der Waals surface area (Å²) < 4.78 is 6.15. The Bertz CT molecular complexity index is 983. The number of rotatable bonds is 6. The quantitative estimate of drug-likeness (QED) is 0.239. The van der Waals surface area contributed by atoms with Gasteiger partial charge in [-0.3, -0.25) is 4.99 Å². The van der Waals surface area contributed by atoms with Gasteiger partial charge >= 0.3 is 0 Å². The molecule has 2 aromatic carbocycles. The van der Waals surface area contributed by atoms with E-state index >= 15 is 0 Å². The number of hydrogen-bond donors (Lipinski definition) is 3. The Kier molecular flexibility index (Phi) is 8.78. The second kappa shape index (κ2) is 11.5. The van der Waals surface area contributed by atoms with Crippen molar-refractivity contribution in [2.24, 2.45) is 10.9 Å². The molecule has 2 atom stereocenters. The molecule has 0 aliphatic carbocycles. The fourth-order valence-corrected chi connectivity index (χ4v) is 4.28. The first-order chi connectivity index (χ1) is 14.7.